The van der Waals surface area contributed by atoms with E-state index in [4.69, 9.17) is 16.7 Å². The molecule has 21 heavy (non-hydrogen) atoms. The quantitative estimate of drug-likeness (QED) is 0.882. The predicted octanol–water partition coefficient (Wildman–Crippen LogP) is 3.83. The first-order valence-corrected chi connectivity index (χ1v) is 7.25. The molecule has 0 unspecified atom stereocenters. The number of hydrogen-bond acceptors (Lipinski definition) is 2. The van der Waals surface area contributed by atoms with Crippen molar-refractivity contribution in [1.29, 1.82) is 0 Å². The van der Waals surface area contributed by atoms with Crippen LogP contribution in [0.25, 0.3) is 0 Å². The summed E-state index contributed by atoms with van der Waals surface area (Å²) in [6, 6.07) is 12.9. The highest BCUT2D eigenvalue weighted by Crippen LogP contribution is 2.18. The smallest absolute Gasteiger partial charge is 0.255 e. The Morgan fingerprint density at radius 2 is 2.05 bits per heavy atom. The summed E-state index contributed by atoms with van der Waals surface area (Å²) in [4.78, 5) is 12.2. The highest BCUT2D eigenvalue weighted by molar-refractivity contribution is 6.31. The normalized spacial score (nSPS) is 10.4. The van der Waals surface area contributed by atoms with Crippen LogP contribution in [0, 0.1) is 6.92 Å². The molecule has 0 saturated heterocycles. The third kappa shape index (κ3) is 4.31. The second-order valence-electron chi connectivity index (χ2n) is 4.95. The molecule has 0 spiro atoms. The largest absolute Gasteiger partial charge is 0.396 e. The van der Waals surface area contributed by atoms with Crippen LogP contribution >= 0.6 is 11.6 Å². The van der Waals surface area contributed by atoms with Crippen LogP contribution in [0.3, 0.4) is 0 Å². The molecular formula is C17H18ClNO2. The standard InChI is InChI=1S/C17H18ClNO2/c1-12-10-14(7-8-16(12)18)17(21)19-15-6-2-4-13(11-15)5-3-9-20/h2,4,6-8,10-11,20H,3,5,9H2,1H3,(H,19,21). The SMILES string of the molecule is Cc1cc(C(=O)Nc2cccc(CCCO)c2)ccc1Cl. The molecule has 4 heteroatoms. The molecule has 0 aliphatic rings. The molecule has 0 atom stereocenters. The molecule has 110 valence electrons. The molecule has 2 rings (SSSR count). The van der Waals surface area contributed by atoms with Crippen LogP contribution in [0.15, 0.2) is 42.5 Å². The van der Waals surface area contributed by atoms with Gasteiger partial charge in [0.1, 0.15) is 0 Å². The van der Waals surface area contributed by atoms with E-state index in [1.165, 1.54) is 0 Å². The van der Waals surface area contributed by atoms with Gasteiger partial charge in [0, 0.05) is 22.9 Å². The number of aliphatic hydroxyl groups is 1. The minimum atomic E-state index is -0.158. The van der Waals surface area contributed by atoms with Crippen LogP contribution < -0.4 is 5.32 Å². The molecular weight excluding hydrogens is 286 g/mol. The van der Waals surface area contributed by atoms with E-state index in [9.17, 15) is 4.79 Å². The van der Waals surface area contributed by atoms with E-state index in [0.29, 0.717) is 17.0 Å². The molecule has 0 saturated carbocycles. The average molecular weight is 304 g/mol. The molecule has 0 aromatic heterocycles. The molecule has 2 aromatic rings. The van der Waals surface area contributed by atoms with Gasteiger partial charge in [-0.05, 0) is 61.2 Å². The van der Waals surface area contributed by atoms with Crippen molar-refractivity contribution in [3.8, 4) is 0 Å². The minimum Gasteiger partial charge on any atom is -0.396 e. The van der Waals surface area contributed by atoms with Gasteiger partial charge in [-0.2, -0.15) is 0 Å². The Morgan fingerprint density at radius 1 is 1.24 bits per heavy atom. The van der Waals surface area contributed by atoms with E-state index in [0.717, 1.165) is 23.2 Å². The average Bonchev–Trinajstić information content (AvgIpc) is 2.48. The topological polar surface area (TPSA) is 49.3 Å². The number of amides is 1. The summed E-state index contributed by atoms with van der Waals surface area (Å²) in [6.45, 7) is 2.04. The van der Waals surface area contributed by atoms with Gasteiger partial charge in [0.05, 0.1) is 0 Å². The molecule has 0 aliphatic carbocycles. The van der Waals surface area contributed by atoms with Gasteiger partial charge in [-0.25, -0.2) is 0 Å². The summed E-state index contributed by atoms with van der Waals surface area (Å²) in [7, 11) is 0. The fourth-order valence-corrected chi connectivity index (χ4v) is 2.19. The van der Waals surface area contributed by atoms with Crippen molar-refractivity contribution in [2.75, 3.05) is 11.9 Å². The monoisotopic (exact) mass is 303 g/mol. The predicted molar refractivity (Wildman–Crippen MR) is 86.0 cm³/mol. The molecule has 0 heterocycles. The molecule has 0 fully saturated rings. The Hall–Kier alpha value is -1.84. The third-order valence-corrected chi connectivity index (χ3v) is 3.65. The van der Waals surface area contributed by atoms with Crippen LogP contribution in [0.5, 0.6) is 0 Å². The Bertz CT molecular complexity index is 640. The number of benzene rings is 2. The number of aryl methyl sites for hydroxylation is 2. The van der Waals surface area contributed by atoms with Gasteiger partial charge in [-0.3, -0.25) is 4.79 Å². The van der Waals surface area contributed by atoms with Crippen LogP contribution in [0.4, 0.5) is 5.69 Å². The van der Waals surface area contributed by atoms with Gasteiger partial charge in [-0.1, -0.05) is 23.7 Å². The fraction of sp³-hybridized carbons (Fsp3) is 0.235. The van der Waals surface area contributed by atoms with Gasteiger partial charge in [-0.15, -0.1) is 0 Å². The van der Waals surface area contributed by atoms with Crippen molar-refractivity contribution in [3.05, 3.63) is 64.2 Å². The summed E-state index contributed by atoms with van der Waals surface area (Å²) < 4.78 is 0. The van der Waals surface area contributed by atoms with Gasteiger partial charge < -0.3 is 10.4 Å². The lowest BCUT2D eigenvalue weighted by molar-refractivity contribution is 0.102. The number of aliphatic hydroxyl groups excluding tert-OH is 1. The maximum atomic E-state index is 12.2. The second kappa shape index (κ2) is 7.25. The number of rotatable bonds is 5. The maximum Gasteiger partial charge on any atom is 0.255 e. The van der Waals surface area contributed by atoms with Crippen LogP contribution in [0.2, 0.25) is 5.02 Å². The second-order valence-corrected chi connectivity index (χ2v) is 5.35. The summed E-state index contributed by atoms with van der Waals surface area (Å²) in [5.74, 6) is -0.158. The van der Waals surface area contributed by atoms with Crippen LogP contribution in [-0.4, -0.2) is 17.6 Å². The van der Waals surface area contributed by atoms with E-state index < -0.39 is 0 Å². The lowest BCUT2D eigenvalue weighted by Crippen LogP contribution is -2.12. The minimum absolute atomic E-state index is 0.158. The van der Waals surface area contributed by atoms with E-state index in [-0.39, 0.29) is 12.5 Å². The van der Waals surface area contributed by atoms with Crippen molar-refractivity contribution in [3.63, 3.8) is 0 Å². The molecule has 0 aliphatic heterocycles. The van der Waals surface area contributed by atoms with Crippen molar-refractivity contribution in [1.82, 2.24) is 0 Å². The van der Waals surface area contributed by atoms with E-state index >= 15 is 0 Å². The molecule has 2 aromatic carbocycles. The van der Waals surface area contributed by atoms with Gasteiger partial charge in [0.15, 0.2) is 0 Å². The van der Waals surface area contributed by atoms with Crippen LogP contribution in [0.1, 0.15) is 27.9 Å². The van der Waals surface area contributed by atoms with Gasteiger partial charge in [0.2, 0.25) is 0 Å². The highest BCUT2D eigenvalue weighted by atomic mass is 35.5. The van der Waals surface area contributed by atoms with E-state index in [1.54, 1.807) is 18.2 Å². The number of hydrogen-bond donors (Lipinski definition) is 2. The van der Waals surface area contributed by atoms with E-state index in [2.05, 4.69) is 5.32 Å². The summed E-state index contributed by atoms with van der Waals surface area (Å²) in [6.07, 6.45) is 1.51. The first-order valence-electron chi connectivity index (χ1n) is 6.87. The number of halogens is 1. The Morgan fingerprint density at radius 3 is 2.76 bits per heavy atom. The Balaban J connectivity index is 2.10. The molecule has 3 nitrogen and oxygen atoms in total. The molecule has 1 amide bonds. The fourth-order valence-electron chi connectivity index (χ4n) is 2.08. The summed E-state index contributed by atoms with van der Waals surface area (Å²) >= 11 is 5.96. The van der Waals surface area contributed by atoms with Crippen molar-refractivity contribution in [2.24, 2.45) is 0 Å². The van der Waals surface area contributed by atoms with Crippen molar-refractivity contribution < 1.29 is 9.90 Å². The van der Waals surface area contributed by atoms with Crippen molar-refractivity contribution >= 4 is 23.2 Å². The first-order chi connectivity index (χ1) is 10.1. The maximum absolute atomic E-state index is 12.2. The first kappa shape index (κ1) is 15.5. The summed E-state index contributed by atoms with van der Waals surface area (Å²) in [5.41, 5.74) is 3.30. The summed E-state index contributed by atoms with van der Waals surface area (Å²) in [5, 5.41) is 12.4. The van der Waals surface area contributed by atoms with E-state index in [1.807, 2.05) is 31.2 Å². The lowest BCUT2D eigenvalue weighted by atomic mass is 10.1. The zero-order chi connectivity index (χ0) is 15.2. The third-order valence-electron chi connectivity index (χ3n) is 3.23. The lowest BCUT2D eigenvalue weighted by Gasteiger charge is -2.08. The molecule has 0 radical (unpaired) electrons. The Labute approximate surface area is 129 Å². The van der Waals surface area contributed by atoms with Gasteiger partial charge >= 0.3 is 0 Å². The van der Waals surface area contributed by atoms with Gasteiger partial charge in [0.25, 0.3) is 5.91 Å². The zero-order valence-corrected chi connectivity index (χ0v) is 12.7. The number of anilines is 1. The Kier molecular flexibility index (Phi) is 5.37. The molecule has 2 N–H and O–H groups in total. The zero-order valence-electron chi connectivity index (χ0n) is 11.9. The number of nitrogens with one attached hydrogen (secondary N) is 1. The van der Waals surface area contributed by atoms with Crippen molar-refractivity contribution in [2.45, 2.75) is 19.8 Å². The molecule has 0 bridgehead atoms. The number of carbonyl (C=O) groups is 1. The number of carbonyl (C=O) groups excluding carboxylic acids is 1. The highest BCUT2D eigenvalue weighted by Gasteiger charge is 2.08. The van der Waals surface area contributed by atoms with Crippen LogP contribution in [-0.2, 0) is 6.42 Å².